The molecule has 1 heterocycles. The van der Waals surface area contributed by atoms with Gasteiger partial charge in [-0.05, 0) is 65.1 Å². The number of thiophene rings is 1. The number of hydrogen-bond donors (Lipinski definition) is 1. The number of carbonyl (C=O) groups is 1. The molecule has 0 bridgehead atoms. The van der Waals surface area contributed by atoms with Crippen molar-refractivity contribution < 1.29 is 27.4 Å². The maximum Gasteiger partial charge on any atom is 0.390 e. The largest absolute Gasteiger partial charge is 0.460 e. The lowest BCUT2D eigenvalue weighted by molar-refractivity contribution is -0.147. The zero-order valence-electron chi connectivity index (χ0n) is 22.0. The predicted octanol–water partition coefficient (Wildman–Crippen LogP) is 8.56. The van der Waals surface area contributed by atoms with Gasteiger partial charge in [-0.2, -0.15) is 8.78 Å². The number of halogens is 2. The summed E-state index contributed by atoms with van der Waals surface area (Å²) in [7, 11) is -5.13. The minimum atomic E-state index is -5.13. The first-order valence-electron chi connectivity index (χ1n) is 13.1. The third-order valence-corrected chi connectivity index (χ3v) is 9.56. The first kappa shape index (κ1) is 28.7. The van der Waals surface area contributed by atoms with E-state index in [1.54, 1.807) is 60.0 Å². The number of fused-ring (bicyclic) bond motifs is 1. The number of nitrogens with one attached hydrogen (secondary N) is 1. The number of aryl methyl sites for hydroxylation is 1. The number of ether oxygens (including phenoxy) is 1. The Balaban J connectivity index is 1.48. The second-order valence-electron chi connectivity index (χ2n) is 9.47. The molecule has 41 heavy (non-hydrogen) atoms. The Morgan fingerprint density at radius 1 is 0.854 bits per heavy atom. The van der Waals surface area contributed by atoms with Crippen LogP contribution in [0.3, 0.4) is 0 Å². The van der Waals surface area contributed by atoms with Crippen LogP contribution < -0.4 is 9.61 Å². The average Bonchev–Trinajstić information content (AvgIpc) is 3.48. The van der Waals surface area contributed by atoms with Crippen molar-refractivity contribution in [3.05, 3.63) is 137 Å². The summed E-state index contributed by atoms with van der Waals surface area (Å²) < 4.78 is 59.1. The van der Waals surface area contributed by atoms with Gasteiger partial charge in [0.1, 0.15) is 18.4 Å². The van der Waals surface area contributed by atoms with Crippen molar-refractivity contribution in [2.45, 2.75) is 31.2 Å². The Labute approximate surface area is 241 Å². The van der Waals surface area contributed by atoms with Crippen molar-refractivity contribution in [3.63, 3.8) is 0 Å². The second-order valence-corrected chi connectivity index (χ2v) is 12.5. The highest BCUT2D eigenvalue weighted by Crippen LogP contribution is 2.63. The molecular formula is C32H28F2NO4PS. The van der Waals surface area contributed by atoms with Crippen molar-refractivity contribution in [3.8, 4) is 5.75 Å². The highest BCUT2D eigenvalue weighted by atomic mass is 32.1. The summed E-state index contributed by atoms with van der Waals surface area (Å²) in [5.74, 6) is -0.815. The van der Waals surface area contributed by atoms with Crippen LogP contribution in [0.1, 0.15) is 23.1 Å². The van der Waals surface area contributed by atoms with Crippen molar-refractivity contribution >= 4 is 34.9 Å². The molecule has 0 saturated carbocycles. The molecule has 5 aromatic rings. The molecule has 0 radical (unpaired) electrons. The molecule has 0 aliphatic heterocycles. The van der Waals surface area contributed by atoms with E-state index in [4.69, 9.17) is 9.26 Å². The van der Waals surface area contributed by atoms with Crippen molar-refractivity contribution in [2.75, 3.05) is 0 Å². The Morgan fingerprint density at radius 2 is 1.49 bits per heavy atom. The molecule has 4 aromatic carbocycles. The summed E-state index contributed by atoms with van der Waals surface area (Å²) in [4.78, 5) is 13.4. The van der Waals surface area contributed by atoms with Gasteiger partial charge in [0.05, 0.1) is 0 Å². The quantitative estimate of drug-likeness (QED) is 0.116. The minimum Gasteiger partial charge on any atom is -0.460 e. The lowest BCUT2D eigenvalue weighted by atomic mass is 10.1. The van der Waals surface area contributed by atoms with E-state index < -0.39 is 30.8 Å². The van der Waals surface area contributed by atoms with Crippen LogP contribution >= 0.6 is 18.9 Å². The zero-order valence-corrected chi connectivity index (χ0v) is 23.7. The molecule has 2 atom stereocenters. The van der Waals surface area contributed by atoms with Crippen molar-refractivity contribution in [1.82, 2.24) is 5.09 Å². The molecule has 0 fully saturated rings. The Morgan fingerprint density at radius 3 is 2.17 bits per heavy atom. The van der Waals surface area contributed by atoms with Crippen LogP contribution in [0.4, 0.5) is 8.78 Å². The number of rotatable bonds is 12. The number of hydrogen-bond acceptors (Lipinski definition) is 5. The van der Waals surface area contributed by atoms with E-state index in [0.717, 1.165) is 15.8 Å². The fourth-order valence-electron chi connectivity index (χ4n) is 4.34. The van der Waals surface area contributed by atoms with E-state index in [2.05, 4.69) is 5.09 Å². The minimum absolute atomic E-state index is 0.0147. The topological polar surface area (TPSA) is 64.6 Å². The van der Waals surface area contributed by atoms with Crippen LogP contribution in [0.15, 0.2) is 121 Å². The molecule has 210 valence electrons. The number of alkyl halides is 2. The summed E-state index contributed by atoms with van der Waals surface area (Å²) in [6.45, 7) is -0.0573. The molecule has 5 rings (SSSR count). The van der Waals surface area contributed by atoms with Gasteiger partial charge in [-0.25, -0.2) is 5.09 Å². The fraction of sp³-hybridized carbons (Fsp3) is 0.156. The van der Waals surface area contributed by atoms with Gasteiger partial charge in [0.15, 0.2) is 0 Å². The number of para-hydroxylation sites is 1. The average molecular weight is 592 g/mol. The van der Waals surface area contributed by atoms with E-state index in [9.17, 15) is 9.36 Å². The lowest BCUT2D eigenvalue weighted by Gasteiger charge is -2.31. The van der Waals surface area contributed by atoms with Crippen LogP contribution in [0, 0.1) is 0 Å². The van der Waals surface area contributed by atoms with Crippen LogP contribution in [0.5, 0.6) is 5.75 Å². The Bertz CT molecular complexity index is 1630. The van der Waals surface area contributed by atoms with Gasteiger partial charge in [-0.15, -0.1) is 11.3 Å². The monoisotopic (exact) mass is 591 g/mol. The molecule has 0 aliphatic carbocycles. The van der Waals surface area contributed by atoms with Crippen LogP contribution in [0.25, 0.3) is 10.1 Å². The second kappa shape index (κ2) is 12.8. The molecular weight excluding hydrogens is 563 g/mol. The van der Waals surface area contributed by atoms with Gasteiger partial charge in [0, 0.05) is 10.3 Å². The van der Waals surface area contributed by atoms with Gasteiger partial charge >= 0.3 is 19.2 Å². The van der Waals surface area contributed by atoms with Crippen LogP contribution in [-0.2, 0) is 32.8 Å². The van der Waals surface area contributed by atoms with Gasteiger partial charge in [0.2, 0.25) is 0 Å². The normalized spacial score (nSPS) is 13.8. The summed E-state index contributed by atoms with van der Waals surface area (Å²) in [5, 5.41) is 4.87. The third-order valence-electron chi connectivity index (χ3n) is 6.55. The van der Waals surface area contributed by atoms with E-state index >= 15 is 8.78 Å². The first-order valence-corrected chi connectivity index (χ1v) is 15.6. The molecule has 0 spiro atoms. The smallest absolute Gasteiger partial charge is 0.390 e. The summed E-state index contributed by atoms with van der Waals surface area (Å²) in [5.41, 5.74) is -2.83. The zero-order chi connectivity index (χ0) is 28.7. The van der Waals surface area contributed by atoms with Crippen LogP contribution in [-0.4, -0.2) is 12.0 Å². The number of benzene rings is 4. The maximum absolute atomic E-state index is 16.4. The highest BCUT2D eigenvalue weighted by Gasteiger charge is 2.56. The molecule has 5 nitrogen and oxygen atoms in total. The van der Waals surface area contributed by atoms with Gasteiger partial charge in [0.25, 0.3) is 0 Å². The fourth-order valence-corrected chi connectivity index (χ4v) is 6.99. The molecule has 9 heteroatoms. The van der Waals surface area contributed by atoms with E-state index in [1.807, 2.05) is 36.4 Å². The van der Waals surface area contributed by atoms with Crippen LogP contribution in [0.2, 0.25) is 0 Å². The molecule has 0 saturated heterocycles. The summed E-state index contributed by atoms with van der Waals surface area (Å²) >= 11 is 1.42. The van der Waals surface area contributed by atoms with E-state index in [1.165, 1.54) is 35.6 Å². The standard InChI is InChI=1S/C32H28F2NO4PS/c33-32(34,27-17-19-30-26(22-27)20-21-41-30)40(37,39-28-14-8-3-9-15-28)35-29(18-16-24-10-4-1-5-11-24)31(36)38-23-25-12-6-2-7-13-25/h1-15,17,19-22,29H,16,18,23H2,(H,35,37)/t29-,40?/m0/s1. The molecule has 1 aromatic heterocycles. The summed E-state index contributed by atoms with van der Waals surface area (Å²) in [6.07, 6.45) is 0.413. The Kier molecular flexibility index (Phi) is 8.93. The van der Waals surface area contributed by atoms with Gasteiger partial charge in [-0.1, -0.05) is 84.9 Å². The van der Waals surface area contributed by atoms with E-state index in [-0.39, 0.29) is 18.8 Å². The highest BCUT2D eigenvalue weighted by molar-refractivity contribution is 7.58. The third kappa shape index (κ3) is 6.91. The number of esters is 1. The molecule has 1 unspecified atom stereocenters. The SMILES string of the molecule is O=C(OCc1ccccc1)[C@H](CCc1ccccc1)NP(=O)(Oc1ccccc1)C(F)(F)c1ccc2sccc2c1. The maximum atomic E-state index is 16.4. The number of carbonyl (C=O) groups excluding carboxylic acids is 1. The summed E-state index contributed by atoms with van der Waals surface area (Å²) in [6, 6.07) is 30.6. The van der Waals surface area contributed by atoms with E-state index in [0.29, 0.717) is 11.8 Å². The molecule has 0 amide bonds. The van der Waals surface area contributed by atoms with Crippen molar-refractivity contribution in [1.29, 1.82) is 0 Å². The molecule has 1 N–H and O–H groups in total. The van der Waals surface area contributed by atoms with Gasteiger partial charge in [-0.3, -0.25) is 9.36 Å². The van der Waals surface area contributed by atoms with Gasteiger partial charge < -0.3 is 9.26 Å². The molecule has 0 aliphatic rings. The predicted molar refractivity (Wildman–Crippen MR) is 158 cm³/mol. The van der Waals surface area contributed by atoms with Crippen molar-refractivity contribution in [2.24, 2.45) is 0 Å². The lowest BCUT2D eigenvalue weighted by Crippen LogP contribution is -2.41. The first-order chi connectivity index (χ1) is 19.8. The Hall–Kier alpha value is -3.84.